The van der Waals surface area contributed by atoms with Crippen LogP contribution in [-0.4, -0.2) is 36.3 Å². The Bertz CT molecular complexity index is 1200. The predicted molar refractivity (Wildman–Crippen MR) is 127 cm³/mol. The van der Waals surface area contributed by atoms with E-state index in [1.807, 2.05) is 0 Å². The van der Waals surface area contributed by atoms with Gasteiger partial charge in [-0.25, -0.2) is 0 Å². The average molecular weight is 618 g/mol. The van der Waals surface area contributed by atoms with Gasteiger partial charge < -0.3 is 10.6 Å². The van der Waals surface area contributed by atoms with Crippen LogP contribution in [0.5, 0.6) is 0 Å². The minimum Gasteiger partial charge on any atom is -0.345 e. The van der Waals surface area contributed by atoms with Gasteiger partial charge in [0, 0.05) is 4.47 Å². The summed E-state index contributed by atoms with van der Waals surface area (Å²) in [6.45, 7) is -1.52. The number of allylic oxidation sites excluding steroid dienone is 1. The zero-order valence-electron chi connectivity index (χ0n) is 18.0. The van der Waals surface area contributed by atoms with Crippen LogP contribution >= 0.6 is 39.1 Å². The topological polar surface area (TPSA) is 58.2 Å². The van der Waals surface area contributed by atoms with Gasteiger partial charge in [0.05, 0.1) is 21.5 Å². The molecule has 2 aromatic rings. The van der Waals surface area contributed by atoms with E-state index in [0.29, 0.717) is 5.56 Å². The summed E-state index contributed by atoms with van der Waals surface area (Å²) in [5.41, 5.74) is -1.16. The van der Waals surface area contributed by atoms with Gasteiger partial charge in [-0.2, -0.15) is 26.3 Å². The second-order valence-electron chi connectivity index (χ2n) is 8.13. The molecule has 1 fully saturated rings. The zero-order valence-corrected chi connectivity index (χ0v) is 21.1. The highest BCUT2D eigenvalue weighted by molar-refractivity contribution is 9.10. The van der Waals surface area contributed by atoms with Gasteiger partial charge in [0.15, 0.2) is 0 Å². The highest BCUT2D eigenvalue weighted by Gasteiger charge is 2.52. The fourth-order valence-electron chi connectivity index (χ4n) is 3.31. The van der Waals surface area contributed by atoms with E-state index >= 15 is 0 Å². The van der Waals surface area contributed by atoms with E-state index in [4.69, 9.17) is 23.2 Å². The molecule has 0 radical (unpaired) electrons. The van der Waals surface area contributed by atoms with E-state index in [-0.39, 0.29) is 38.5 Å². The summed E-state index contributed by atoms with van der Waals surface area (Å²) in [5, 5.41) is 4.30. The zero-order chi connectivity index (χ0) is 26.9. The van der Waals surface area contributed by atoms with Crippen LogP contribution in [0.4, 0.5) is 26.3 Å². The molecule has 2 aromatic carbocycles. The molecule has 1 atom stereocenters. The van der Waals surface area contributed by atoms with Crippen molar-refractivity contribution in [2.45, 2.75) is 36.7 Å². The number of halogens is 9. The lowest BCUT2D eigenvalue weighted by Gasteiger charge is -2.19. The number of amides is 2. The summed E-state index contributed by atoms with van der Waals surface area (Å²) in [6, 6.07) is 7.74. The van der Waals surface area contributed by atoms with Crippen molar-refractivity contribution in [1.29, 1.82) is 0 Å². The molecule has 0 aromatic heterocycles. The van der Waals surface area contributed by atoms with Gasteiger partial charge >= 0.3 is 12.4 Å². The summed E-state index contributed by atoms with van der Waals surface area (Å²) in [4.78, 5) is 24.8. The molecule has 0 bridgehead atoms. The normalized spacial score (nSPS) is 16.0. The number of alkyl halides is 6. The third-order valence-corrected chi connectivity index (χ3v) is 6.76. The Morgan fingerprint density at radius 3 is 2.22 bits per heavy atom. The summed E-state index contributed by atoms with van der Waals surface area (Å²) in [5.74, 6) is -3.63. The van der Waals surface area contributed by atoms with E-state index in [1.165, 1.54) is 36.4 Å². The molecule has 36 heavy (non-hydrogen) atoms. The largest absolute Gasteiger partial charge is 0.405 e. The van der Waals surface area contributed by atoms with Crippen LogP contribution in [0.15, 0.2) is 46.9 Å². The fraction of sp³-hybridized carbons (Fsp3) is 0.304. The Balaban J connectivity index is 1.74. The third kappa shape index (κ3) is 7.17. The van der Waals surface area contributed by atoms with Gasteiger partial charge in [0.1, 0.15) is 12.1 Å². The molecule has 4 nitrogen and oxygen atoms in total. The Morgan fingerprint density at radius 2 is 1.69 bits per heavy atom. The third-order valence-electron chi connectivity index (χ3n) is 5.36. The van der Waals surface area contributed by atoms with Crippen molar-refractivity contribution in [3.05, 3.63) is 73.7 Å². The molecule has 1 aliphatic rings. The van der Waals surface area contributed by atoms with Crippen molar-refractivity contribution in [2.75, 3.05) is 6.54 Å². The van der Waals surface area contributed by atoms with Crippen molar-refractivity contribution < 1.29 is 35.9 Å². The molecule has 2 N–H and O–H groups in total. The van der Waals surface area contributed by atoms with E-state index in [0.717, 1.165) is 12.1 Å². The van der Waals surface area contributed by atoms with Crippen LogP contribution in [0.2, 0.25) is 10.0 Å². The average Bonchev–Trinajstić information content (AvgIpc) is 3.53. The Kier molecular flexibility index (Phi) is 8.36. The number of carbonyl (C=O) groups is 2. The molecular formula is C23H17BrCl2F6N2O2. The van der Waals surface area contributed by atoms with Gasteiger partial charge in [-0.15, -0.1) is 0 Å². The summed E-state index contributed by atoms with van der Waals surface area (Å²) in [7, 11) is 0. The molecule has 0 spiro atoms. The number of benzene rings is 2. The van der Waals surface area contributed by atoms with E-state index in [9.17, 15) is 35.9 Å². The van der Waals surface area contributed by atoms with Gasteiger partial charge in [-0.1, -0.05) is 47.5 Å². The second kappa shape index (κ2) is 10.6. The minimum absolute atomic E-state index is 0.0181. The molecule has 2 amide bonds. The second-order valence-corrected chi connectivity index (χ2v) is 9.79. The number of hydrogen-bond donors (Lipinski definition) is 2. The highest BCUT2D eigenvalue weighted by atomic mass is 79.9. The van der Waals surface area contributed by atoms with Crippen LogP contribution in [0.3, 0.4) is 0 Å². The quantitative estimate of drug-likeness (QED) is 0.327. The minimum atomic E-state index is -4.62. The molecular weight excluding hydrogens is 601 g/mol. The maximum atomic E-state index is 13.7. The van der Waals surface area contributed by atoms with Crippen LogP contribution in [0.1, 0.15) is 40.2 Å². The number of rotatable bonds is 7. The molecule has 0 aliphatic heterocycles. The van der Waals surface area contributed by atoms with Crippen molar-refractivity contribution in [3.8, 4) is 0 Å². The van der Waals surface area contributed by atoms with Crippen molar-refractivity contribution in [1.82, 2.24) is 10.6 Å². The maximum absolute atomic E-state index is 13.7. The van der Waals surface area contributed by atoms with Gasteiger partial charge in [0.2, 0.25) is 5.91 Å². The molecule has 1 saturated carbocycles. The molecule has 0 heterocycles. The predicted octanol–water partition coefficient (Wildman–Crippen LogP) is 7.06. The van der Waals surface area contributed by atoms with Crippen LogP contribution in [0, 0.1) is 0 Å². The van der Waals surface area contributed by atoms with Crippen LogP contribution in [0.25, 0.3) is 6.08 Å². The van der Waals surface area contributed by atoms with E-state index in [2.05, 4.69) is 21.2 Å². The summed E-state index contributed by atoms with van der Waals surface area (Å²) < 4.78 is 78.3. The van der Waals surface area contributed by atoms with Gasteiger partial charge in [-0.05, 0) is 64.2 Å². The van der Waals surface area contributed by atoms with Crippen molar-refractivity contribution in [3.63, 3.8) is 0 Å². The first kappa shape index (κ1) is 28.3. The lowest BCUT2D eigenvalue weighted by molar-refractivity contribution is -0.140. The SMILES string of the molecule is O=C(NC1(C(=O)NCC(F)(F)F)CC1)c1ccc(C=CC(c2ccc(Cl)c(Cl)c2)C(F)(F)F)cc1Br. The molecule has 3 rings (SSSR count). The standard InChI is InChI=1S/C23H17BrCl2F6N2O2/c24-16-9-12(2-5-15(23(30,31)32)13-3-6-17(25)18(26)10-13)1-4-14(16)19(35)34-21(7-8-21)20(36)33-11-22(27,28)29/h1-6,9-10,15H,7-8,11H2,(H,33,36)(H,34,35). The molecule has 1 unspecified atom stereocenters. The summed E-state index contributed by atoms with van der Waals surface area (Å²) in [6.07, 6.45) is -6.70. The fourth-order valence-corrected chi connectivity index (χ4v) is 4.19. The molecule has 0 saturated heterocycles. The van der Waals surface area contributed by atoms with Gasteiger partial charge in [-0.3, -0.25) is 9.59 Å². The molecule has 194 valence electrons. The van der Waals surface area contributed by atoms with Crippen molar-refractivity contribution >= 4 is 57.0 Å². The van der Waals surface area contributed by atoms with E-state index in [1.54, 1.807) is 5.32 Å². The molecule has 1 aliphatic carbocycles. The van der Waals surface area contributed by atoms with Crippen molar-refractivity contribution in [2.24, 2.45) is 0 Å². The smallest absolute Gasteiger partial charge is 0.345 e. The van der Waals surface area contributed by atoms with Crippen LogP contribution in [-0.2, 0) is 4.79 Å². The Labute approximate surface area is 220 Å². The van der Waals surface area contributed by atoms with Gasteiger partial charge in [0.25, 0.3) is 5.91 Å². The number of hydrogen-bond acceptors (Lipinski definition) is 2. The molecule has 13 heteroatoms. The highest BCUT2D eigenvalue weighted by Crippen LogP contribution is 2.39. The van der Waals surface area contributed by atoms with E-state index < -0.39 is 42.2 Å². The Morgan fingerprint density at radius 1 is 1.03 bits per heavy atom. The van der Waals surface area contributed by atoms with Crippen LogP contribution < -0.4 is 10.6 Å². The summed E-state index contributed by atoms with van der Waals surface area (Å²) >= 11 is 14.8. The Hall–Kier alpha value is -2.24. The first-order valence-corrected chi connectivity index (χ1v) is 11.8. The lowest BCUT2D eigenvalue weighted by Crippen LogP contribution is -2.50. The lowest BCUT2D eigenvalue weighted by atomic mass is 9.97. The first-order valence-electron chi connectivity index (χ1n) is 10.3. The maximum Gasteiger partial charge on any atom is 0.405 e. The monoisotopic (exact) mass is 616 g/mol. The number of nitrogens with one attached hydrogen (secondary N) is 2. The number of carbonyl (C=O) groups excluding carboxylic acids is 2. The first-order chi connectivity index (χ1) is 16.6.